The molecule has 0 radical (unpaired) electrons. The van der Waals surface area contributed by atoms with E-state index < -0.39 is 0 Å². The lowest BCUT2D eigenvalue weighted by molar-refractivity contribution is 0.102. The van der Waals surface area contributed by atoms with Crippen molar-refractivity contribution in [2.75, 3.05) is 12.4 Å². The van der Waals surface area contributed by atoms with Crippen molar-refractivity contribution in [3.63, 3.8) is 0 Å². The van der Waals surface area contributed by atoms with Crippen LogP contribution >= 0.6 is 11.6 Å². The summed E-state index contributed by atoms with van der Waals surface area (Å²) in [7, 11) is 1.55. The summed E-state index contributed by atoms with van der Waals surface area (Å²) in [6.45, 7) is 2.08. The van der Waals surface area contributed by atoms with Crippen molar-refractivity contribution in [1.29, 1.82) is 0 Å². The fraction of sp³-hybridized carbons (Fsp3) is 0.188. The van der Waals surface area contributed by atoms with Crippen LogP contribution in [0.4, 0.5) is 5.69 Å². The van der Waals surface area contributed by atoms with Gasteiger partial charge in [0.05, 0.1) is 12.8 Å². The van der Waals surface area contributed by atoms with Crippen LogP contribution in [0.5, 0.6) is 5.75 Å². The van der Waals surface area contributed by atoms with Crippen LogP contribution in [0.3, 0.4) is 0 Å². The fourth-order valence-electron chi connectivity index (χ4n) is 1.86. The molecule has 0 bridgehead atoms. The molecule has 20 heavy (non-hydrogen) atoms. The number of nitrogens with one attached hydrogen (secondary N) is 1. The third kappa shape index (κ3) is 3.31. The molecule has 0 heterocycles. The molecule has 1 amide bonds. The number of aryl methyl sites for hydroxylation is 1. The second kappa shape index (κ2) is 6.44. The van der Waals surface area contributed by atoms with Crippen molar-refractivity contribution in [1.82, 2.24) is 0 Å². The van der Waals surface area contributed by atoms with Crippen LogP contribution in [0.1, 0.15) is 22.8 Å². The van der Waals surface area contributed by atoms with E-state index in [2.05, 4.69) is 12.2 Å². The summed E-state index contributed by atoms with van der Waals surface area (Å²) in [5.74, 6) is 0.390. The predicted molar refractivity (Wildman–Crippen MR) is 81.8 cm³/mol. The van der Waals surface area contributed by atoms with Gasteiger partial charge in [-0.15, -0.1) is 0 Å². The zero-order chi connectivity index (χ0) is 14.5. The van der Waals surface area contributed by atoms with Crippen LogP contribution in [-0.2, 0) is 6.42 Å². The van der Waals surface area contributed by atoms with Crippen molar-refractivity contribution < 1.29 is 9.53 Å². The fourth-order valence-corrected chi connectivity index (χ4v) is 2.04. The predicted octanol–water partition coefficient (Wildman–Crippen LogP) is 4.16. The zero-order valence-corrected chi connectivity index (χ0v) is 12.2. The summed E-state index contributed by atoms with van der Waals surface area (Å²) in [6, 6.07) is 12.6. The molecule has 2 aromatic carbocycles. The summed E-state index contributed by atoms with van der Waals surface area (Å²) in [6.07, 6.45) is 0.948. The van der Waals surface area contributed by atoms with Crippen LogP contribution in [0.25, 0.3) is 0 Å². The van der Waals surface area contributed by atoms with Gasteiger partial charge in [-0.05, 0) is 42.3 Å². The topological polar surface area (TPSA) is 38.3 Å². The quantitative estimate of drug-likeness (QED) is 0.917. The lowest BCUT2D eigenvalue weighted by Gasteiger charge is -2.10. The number of benzene rings is 2. The van der Waals surface area contributed by atoms with Gasteiger partial charge in [0.2, 0.25) is 0 Å². The number of amides is 1. The molecule has 0 atom stereocenters. The Morgan fingerprint density at radius 3 is 2.50 bits per heavy atom. The van der Waals surface area contributed by atoms with E-state index in [0.717, 1.165) is 6.42 Å². The monoisotopic (exact) mass is 289 g/mol. The van der Waals surface area contributed by atoms with Crippen molar-refractivity contribution in [3.8, 4) is 5.75 Å². The molecular formula is C16H16ClNO2. The van der Waals surface area contributed by atoms with E-state index in [1.165, 1.54) is 5.56 Å². The first-order chi connectivity index (χ1) is 9.63. The van der Waals surface area contributed by atoms with Gasteiger partial charge in [0, 0.05) is 10.6 Å². The van der Waals surface area contributed by atoms with E-state index in [-0.39, 0.29) is 5.91 Å². The largest absolute Gasteiger partial charge is 0.495 e. The van der Waals surface area contributed by atoms with Crippen LogP contribution < -0.4 is 10.1 Å². The second-order valence-electron chi connectivity index (χ2n) is 4.35. The van der Waals surface area contributed by atoms with Crippen molar-refractivity contribution in [2.24, 2.45) is 0 Å². The summed E-state index contributed by atoms with van der Waals surface area (Å²) in [4.78, 5) is 12.2. The number of methoxy groups -OCH3 is 1. The average Bonchev–Trinajstić information content (AvgIpc) is 2.47. The number of carbonyl (C=O) groups excluding carboxylic acids is 1. The molecule has 4 heteroatoms. The molecule has 0 saturated carbocycles. The van der Waals surface area contributed by atoms with Gasteiger partial charge in [0.25, 0.3) is 5.91 Å². The second-order valence-corrected chi connectivity index (χ2v) is 4.79. The van der Waals surface area contributed by atoms with Crippen LogP contribution in [0, 0.1) is 0 Å². The van der Waals surface area contributed by atoms with Crippen molar-refractivity contribution >= 4 is 23.2 Å². The highest BCUT2D eigenvalue weighted by molar-refractivity contribution is 6.31. The molecule has 2 rings (SSSR count). The minimum Gasteiger partial charge on any atom is -0.495 e. The number of ether oxygens (including phenoxy) is 1. The van der Waals surface area contributed by atoms with Gasteiger partial charge in [-0.3, -0.25) is 4.79 Å². The normalized spacial score (nSPS) is 10.2. The summed E-state index contributed by atoms with van der Waals surface area (Å²) in [5, 5.41) is 3.35. The number of hydrogen-bond donors (Lipinski definition) is 1. The third-order valence-electron chi connectivity index (χ3n) is 3.03. The standard InChI is InChI=1S/C16H16ClNO2/c1-3-11-4-6-12(7-5-11)16(19)18-14-10-13(17)8-9-15(14)20-2/h4-10H,3H2,1-2H3,(H,18,19). The number of halogens is 1. The number of rotatable bonds is 4. The molecule has 104 valence electrons. The molecule has 0 aliphatic heterocycles. The average molecular weight is 290 g/mol. The van der Waals surface area contributed by atoms with E-state index in [4.69, 9.17) is 16.3 Å². The molecule has 0 unspecified atom stereocenters. The highest BCUT2D eigenvalue weighted by Gasteiger charge is 2.10. The Hall–Kier alpha value is -2.00. The van der Waals surface area contributed by atoms with Crippen LogP contribution in [0.2, 0.25) is 5.02 Å². The van der Waals surface area contributed by atoms with Gasteiger partial charge in [-0.25, -0.2) is 0 Å². The Morgan fingerprint density at radius 2 is 1.90 bits per heavy atom. The summed E-state index contributed by atoms with van der Waals surface area (Å²) >= 11 is 5.94. The first-order valence-corrected chi connectivity index (χ1v) is 6.75. The molecule has 0 spiro atoms. The Morgan fingerprint density at radius 1 is 1.20 bits per heavy atom. The Bertz CT molecular complexity index is 608. The molecule has 0 aliphatic carbocycles. The van der Waals surface area contributed by atoms with Gasteiger partial charge >= 0.3 is 0 Å². The van der Waals surface area contributed by atoms with Crippen LogP contribution in [0.15, 0.2) is 42.5 Å². The lowest BCUT2D eigenvalue weighted by Crippen LogP contribution is -2.12. The first kappa shape index (κ1) is 14.4. The maximum atomic E-state index is 12.2. The highest BCUT2D eigenvalue weighted by atomic mass is 35.5. The minimum atomic E-state index is -0.187. The minimum absolute atomic E-state index is 0.187. The van der Waals surface area contributed by atoms with Gasteiger partial charge in [-0.1, -0.05) is 30.7 Å². The van der Waals surface area contributed by atoms with E-state index in [0.29, 0.717) is 22.0 Å². The molecule has 1 N–H and O–H groups in total. The SMILES string of the molecule is CCc1ccc(C(=O)Nc2cc(Cl)ccc2OC)cc1. The summed E-state index contributed by atoms with van der Waals surface area (Å²) in [5.41, 5.74) is 2.36. The van der Waals surface area contributed by atoms with Gasteiger partial charge in [0.15, 0.2) is 0 Å². The number of hydrogen-bond acceptors (Lipinski definition) is 2. The van der Waals surface area contributed by atoms with Gasteiger partial charge in [-0.2, -0.15) is 0 Å². The molecule has 0 fully saturated rings. The smallest absolute Gasteiger partial charge is 0.255 e. The maximum absolute atomic E-state index is 12.2. The van der Waals surface area contributed by atoms with Gasteiger partial charge in [0.1, 0.15) is 5.75 Å². The molecule has 0 saturated heterocycles. The molecule has 0 aromatic heterocycles. The van der Waals surface area contributed by atoms with Crippen molar-refractivity contribution in [3.05, 3.63) is 58.6 Å². The van der Waals surface area contributed by atoms with E-state index in [9.17, 15) is 4.79 Å². The Balaban J connectivity index is 2.20. The third-order valence-corrected chi connectivity index (χ3v) is 3.27. The maximum Gasteiger partial charge on any atom is 0.255 e. The van der Waals surface area contributed by atoms with Crippen molar-refractivity contribution in [2.45, 2.75) is 13.3 Å². The first-order valence-electron chi connectivity index (χ1n) is 6.38. The van der Waals surface area contributed by atoms with E-state index in [1.54, 1.807) is 25.3 Å². The molecular weight excluding hydrogens is 274 g/mol. The van der Waals surface area contributed by atoms with E-state index >= 15 is 0 Å². The molecule has 2 aromatic rings. The number of carbonyl (C=O) groups is 1. The van der Waals surface area contributed by atoms with Gasteiger partial charge < -0.3 is 10.1 Å². The number of anilines is 1. The molecule has 3 nitrogen and oxygen atoms in total. The summed E-state index contributed by atoms with van der Waals surface area (Å²) < 4.78 is 5.20. The molecule has 0 aliphatic rings. The lowest BCUT2D eigenvalue weighted by atomic mass is 10.1. The van der Waals surface area contributed by atoms with E-state index in [1.807, 2.05) is 24.3 Å². The Kier molecular flexibility index (Phi) is 4.64. The highest BCUT2D eigenvalue weighted by Crippen LogP contribution is 2.28. The zero-order valence-electron chi connectivity index (χ0n) is 11.4. The Labute approximate surface area is 123 Å². The van der Waals surface area contributed by atoms with Crippen LogP contribution in [-0.4, -0.2) is 13.0 Å².